The third kappa shape index (κ3) is 5.48. The van der Waals surface area contributed by atoms with Gasteiger partial charge in [0.05, 0.1) is 6.26 Å². The fourth-order valence-corrected chi connectivity index (χ4v) is 4.57. The fraction of sp³-hybridized carbons (Fsp3) is 0.550. The van der Waals surface area contributed by atoms with Gasteiger partial charge < -0.3 is 15.2 Å². The van der Waals surface area contributed by atoms with E-state index in [1.54, 1.807) is 11.4 Å². The molecule has 2 aromatic rings. The number of piperidine rings is 1. The summed E-state index contributed by atoms with van der Waals surface area (Å²) >= 11 is 0. The molecule has 2 heterocycles. The Kier molecular flexibility index (Phi) is 6.96. The van der Waals surface area contributed by atoms with Crippen molar-refractivity contribution in [3.8, 4) is 0 Å². The van der Waals surface area contributed by atoms with Crippen LogP contribution in [-0.4, -0.2) is 62.7 Å². The van der Waals surface area contributed by atoms with Crippen LogP contribution in [0.4, 0.5) is 0 Å². The van der Waals surface area contributed by atoms with Crippen molar-refractivity contribution in [2.75, 3.05) is 39.5 Å². The maximum Gasteiger partial charge on any atom is 0.211 e. The minimum Gasteiger partial charge on any atom is -0.356 e. The van der Waals surface area contributed by atoms with Crippen LogP contribution in [0.25, 0.3) is 10.9 Å². The second kappa shape index (κ2) is 9.43. The monoisotopic (exact) mass is 405 g/mol. The molecule has 3 rings (SSSR count). The number of nitrogens with one attached hydrogen (secondary N) is 2. The van der Waals surface area contributed by atoms with Crippen LogP contribution in [0.5, 0.6) is 0 Å². The van der Waals surface area contributed by atoms with Crippen molar-refractivity contribution in [1.29, 1.82) is 0 Å². The first-order valence-electron chi connectivity index (χ1n) is 9.91. The second-order valence-corrected chi connectivity index (χ2v) is 9.39. The molecule has 0 bridgehead atoms. The number of sulfonamides is 1. The molecular formula is C20H31N5O2S. The van der Waals surface area contributed by atoms with Crippen LogP contribution in [0.15, 0.2) is 41.5 Å². The molecule has 0 amide bonds. The van der Waals surface area contributed by atoms with Crippen molar-refractivity contribution in [3.05, 3.63) is 36.5 Å². The number of benzene rings is 1. The van der Waals surface area contributed by atoms with Gasteiger partial charge in [0.2, 0.25) is 10.0 Å². The lowest BCUT2D eigenvalue weighted by Gasteiger charge is -2.30. The molecule has 7 nitrogen and oxygen atoms in total. The van der Waals surface area contributed by atoms with Gasteiger partial charge in [0.1, 0.15) is 0 Å². The van der Waals surface area contributed by atoms with Gasteiger partial charge in [-0.15, -0.1) is 0 Å². The smallest absolute Gasteiger partial charge is 0.211 e. The molecule has 154 valence electrons. The van der Waals surface area contributed by atoms with E-state index in [1.165, 1.54) is 17.2 Å². The van der Waals surface area contributed by atoms with E-state index >= 15 is 0 Å². The maximum absolute atomic E-state index is 11.6. The van der Waals surface area contributed by atoms with Gasteiger partial charge in [-0.3, -0.25) is 4.99 Å². The average Bonchev–Trinajstić information content (AvgIpc) is 3.10. The molecule has 28 heavy (non-hydrogen) atoms. The number of nitrogens with zero attached hydrogens (tertiary/aromatic N) is 3. The summed E-state index contributed by atoms with van der Waals surface area (Å²) in [5.74, 6) is 1.28. The Morgan fingerprint density at radius 1 is 1.18 bits per heavy atom. The molecule has 1 aromatic heterocycles. The summed E-state index contributed by atoms with van der Waals surface area (Å²) in [5.41, 5.74) is 1.27. The molecule has 1 aliphatic rings. The Labute approximate surface area is 167 Å². The Hall–Kier alpha value is -2.06. The fourth-order valence-electron chi connectivity index (χ4n) is 3.70. The number of aromatic nitrogens is 1. The zero-order chi connectivity index (χ0) is 20.0. The van der Waals surface area contributed by atoms with Crippen LogP contribution in [0.2, 0.25) is 0 Å². The first kappa shape index (κ1) is 20.7. The molecule has 1 saturated heterocycles. The van der Waals surface area contributed by atoms with Crippen molar-refractivity contribution < 1.29 is 8.42 Å². The van der Waals surface area contributed by atoms with E-state index in [4.69, 9.17) is 0 Å². The number of para-hydroxylation sites is 1. The number of aliphatic imine (C=N–C) groups is 1. The highest BCUT2D eigenvalue weighted by atomic mass is 32.2. The van der Waals surface area contributed by atoms with Crippen molar-refractivity contribution in [2.24, 2.45) is 10.9 Å². The lowest BCUT2D eigenvalue weighted by atomic mass is 9.98. The third-order valence-corrected chi connectivity index (χ3v) is 6.68. The van der Waals surface area contributed by atoms with Crippen LogP contribution in [-0.2, 0) is 16.6 Å². The van der Waals surface area contributed by atoms with Gasteiger partial charge in [0.25, 0.3) is 0 Å². The molecule has 0 unspecified atom stereocenters. The van der Waals surface area contributed by atoms with E-state index in [0.717, 1.165) is 44.9 Å². The number of guanidine groups is 1. The van der Waals surface area contributed by atoms with Crippen LogP contribution in [0, 0.1) is 5.92 Å². The minimum absolute atomic E-state index is 0.475. The second-order valence-electron chi connectivity index (χ2n) is 7.41. The molecule has 1 aromatic carbocycles. The molecule has 0 radical (unpaired) electrons. The van der Waals surface area contributed by atoms with Gasteiger partial charge in [0.15, 0.2) is 5.96 Å². The number of hydrogen-bond acceptors (Lipinski definition) is 3. The number of hydrogen-bond donors (Lipinski definition) is 2. The van der Waals surface area contributed by atoms with Gasteiger partial charge in [-0.05, 0) is 42.7 Å². The van der Waals surface area contributed by atoms with E-state index in [9.17, 15) is 8.42 Å². The summed E-state index contributed by atoms with van der Waals surface area (Å²) in [6, 6.07) is 10.6. The topological polar surface area (TPSA) is 78.7 Å². The highest BCUT2D eigenvalue weighted by molar-refractivity contribution is 7.88. The van der Waals surface area contributed by atoms with Crippen LogP contribution >= 0.6 is 0 Å². The molecule has 2 N–H and O–H groups in total. The van der Waals surface area contributed by atoms with Gasteiger partial charge >= 0.3 is 0 Å². The first-order chi connectivity index (χ1) is 13.5. The summed E-state index contributed by atoms with van der Waals surface area (Å²) in [7, 11) is -1.28. The largest absolute Gasteiger partial charge is 0.356 e. The normalized spacial score (nSPS) is 17.1. The van der Waals surface area contributed by atoms with Gasteiger partial charge in [-0.25, -0.2) is 12.7 Å². The quantitative estimate of drug-likeness (QED) is 0.419. The predicted octanol–water partition coefficient (Wildman–Crippen LogP) is 1.87. The molecule has 0 spiro atoms. The van der Waals surface area contributed by atoms with Crippen LogP contribution < -0.4 is 10.6 Å². The number of aryl methyl sites for hydroxylation is 1. The molecule has 8 heteroatoms. The SMILES string of the molecule is CN=C(NCCCn1ccc2ccccc21)NCC1CCN(S(C)(=O)=O)CC1. The van der Waals surface area contributed by atoms with Crippen LogP contribution in [0.1, 0.15) is 19.3 Å². The summed E-state index contributed by atoms with van der Waals surface area (Å²) < 4.78 is 27.0. The highest BCUT2D eigenvalue weighted by Crippen LogP contribution is 2.18. The number of rotatable bonds is 7. The lowest BCUT2D eigenvalue weighted by Crippen LogP contribution is -2.44. The summed E-state index contributed by atoms with van der Waals surface area (Å²) in [5, 5.41) is 8.02. The van der Waals surface area contributed by atoms with E-state index in [-0.39, 0.29) is 0 Å². The van der Waals surface area contributed by atoms with Crippen molar-refractivity contribution in [1.82, 2.24) is 19.5 Å². The van der Waals surface area contributed by atoms with Gasteiger partial charge in [0, 0.05) is 51.5 Å². The molecule has 1 fully saturated rings. The molecule has 0 atom stereocenters. The van der Waals surface area contributed by atoms with E-state index < -0.39 is 10.0 Å². The standard InChI is InChI=1S/C20H31N5O2S/c1-21-20(23-16-17-8-14-25(15-9-17)28(2,26)27)22-11-5-12-24-13-10-18-6-3-4-7-19(18)24/h3-4,6-7,10,13,17H,5,8-9,11-12,14-16H2,1-2H3,(H2,21,22,23). The minimum atomic E-state index is -3.06. The van der Waals surface area contributed by atoms with E-state index in [1.807, 2.05) is 0 Å². The first-order valence-corrected chi connectivity index (χ1v) is 11.8. The molecule has 0 saturated carbocycles. The van der Waals surface area contributed by atoms with Gasteiger partial charge in [-0.1, -0.05) is 18.2 Å². The summed E-state index contributed by atoms with van der Waals surface area (Å²) in [4.78, 5) is 4.29. The van der Waals surface area contributed by atoms with E-state index in [2.05, 4.69) is 56.7 Å². The molecule has 0 aliphatic carbocycles. The van der Waals surface area contributed by atoms with Crippen molar-refractivity contribution in [3.63, 3.8) is 0 Å². The van der Waals surface area contributed by atoms with Crippen molar-refractivity contribution >= 4 is 26.9 Å². The Morgan fingerprint density at radius 3 is 2.64 bits per heavy atom. The van der Waals surface area contributed by atoms with Crippen LogP contribution in [0.3, 0.4) is 0 Å². The zero-order valence-corrected chi connectivity index (χ0v) is 17.6. The third-order valence-electron chi connectivity index (χ3n) is 5.37. The zero-order valence-electron chi connectivity index (χ0n) is 16.8. The Bertz CT molecular complexity index is 898. The Morgan fingerprint density at radius 2 is 1.93 bits per heavy atom. The number of fused-ring (bicyclic) bond motifs is 1. The Balaban J connectivity index is 1.36. The van der Waals surface area contributed by atoms with Crippen molar-refractivity contribution in [2.45, 2.75) is 25.8 Å². The lowest BCUT2D eigenvalue weighted by molar-refractivity contribution is 0.275. The van der Waals surface area contributed by atoms with Gasteiger partial charge in [-0.2, -0.15) is 0 Å². The summed E-state index contributed by atoms with van der Waals surface area (Å²) in [6.45, 7) is 3.85. The van der Waals surface area contributed by atoms with E-state index in [0.29, 0.717) is 19.0 Å². The molecule has 1 aliphatic heterocycles. The average molecular weight is 406 g/mol. The highest BCUT2D eigenvalue weighted by Gasteiger charge is 2.24. The maximum atomic E-state index is 11.6. The predicted molar refractivity (Wildman–Crippen MR) is 115 cm³/mol. The summed E-state index contributed by atoms with van der Waals surface area (Å²) in [6.07, 6.45) is 6.20. The molecular weight excluding hydrogens is 374 g/mol.